The van der Waals surface area contributed by atoms with Gasteiger partial charge in [0.1, 0.15) is 5.75 Å². The van der Waals surface area contributed by atoms with Crippen LogP contribution in [0.1, 0.15) is 24.2 Å². The third-order valence-corrected chi connectivity index (χ3v) is 2.13. The van der Waals surface area contributed by atoms with Crippen LogP contribution in [0.25, 0.3) is 0 Å². The molecule has 0 aliphatic heterocycles. The van der Waals surface area contributed by atoms with Crippen LogP contribution >= 0.6 is 0 Å². The monoisotopic (exact) mass is 248 g/mol. The average molecular weight is 248 g/mol. The smallest absolute Gasteiger partial charge is 0.389 e. The lowest BCUT2D eigenvalue weighted by molar-refractivity contribution is -0.136. The fourth-order valence-corrected chi connectivity index (χ4v) is 1.33. The summed E-state index contributed by atoms with van der Waals surface area (Å²) in [4.78, 5) is 4.15. The molecule has 1 rings (SSSR count). The van der Waals surface area contributed by atoms with Crippen molar-refractivity contribution < 1.29 is 17.9 Å². The highest BCUT2D eigenvalue weighted by atomic mass is 19.4. The molecule has 0 bridgehead atoms. The summed E-state index contributed by atoms with van der Waals surface area (Å²) < 4.78 is 40.9. The number of nitrogens with two attached hydrogens (primary N) is 1. The maximum Gasteiger partial charge on any atom is 0.389 e. The second-order valence-electron chi connectivity index (χ2n) is 3.67. The number of hydrogen-bond donors (Lipinski definition) is 1. The van der Waals surface area contributed by atoms with Crippen LogP contribution in [-0.4, -0.2) is 17.8 Å². The van der Waals surface area contributed by atoms with Crippen LogP contribution in [-0.2, 0) is 6.54 Å². The van der Waals surface area contributed by atoms with E-state index in [9.17, 15) is 13.2 Å². The summed E-state index contributed by atoms with van der Waals surface area (Å²) in [6.45, 7) is 2.03. The number of rotatable bonds is 5. The first-order valence-corrected chi connectivity index (χ1v) is 5.28. The Balaban J connectivity index is 2.46. The molecule has 0 radical (unpaired) electrons. The van der Waals surface area contributed by atoms with Crippen LogP contribution in [0.3, 0.4) is 0 Å². The number of halogens is 3. The van der Waals surface area contributed by atoms with Gasteiger partial charge in [-0.1, -0.05) is 0 Å². The van der Waals surface area contributed by atoms with Gasteiger partial charge in [0.05, 0.1) is 12.3 Å². The second-order valence-corrected chi connectivity index (χ2v) is 3.67. The molecule has 0 saturated carbocycles. The highest BCUT2D eigenvalue weighted by molar-refractivity contribution is 5.29. The Hall–Kier alpha value is -1.30. The zero-order valence-electron chi connectivity index (χ0n) is 9.55. The quantitative estimate of drug-likeness (QED) is 0.815. The molecule has 3 nitrogen and oxygen atoms in total. The summed E-state index contributed by atoms with van der Waals surface area (Å²) >= 11 is 0. The van der Waals surface area contributed by atoms with Crippen molar-refractivity contribution in [2.75, 3.05) is 6.61 Å². The van der Waals surface area contributed by atoms with Crippen molar-refractivity contribution in [1.82, 2.24) is 4.98 Å². The third kappa shape index (κ3) is 5.04. The summed E-state index contributed by atoms with van der Waals surface area (Å²) in [6.07, 6.45) is -5.04. The molecule has 0 aromatic carbocycles. The molecule has 1 aromatic rings. The van der Waals surface area contributed by atoms with E-state index in [2.05, 4.69) is 4.98 Å². The topological polar surface area (TPSA) is 48.1 Å². The predicted molar refractivity (Wildman–Crippen MR) is 57.6 cm³/mol. The number of hydrogen-bond acceptors (Lipinski definition) is 3. The first-order chi connectivity index (χ1) is 7.92. The van der Waals surface area contributed by atoms with Gasteiger partial charge >= 0.3 is 6.18 Å². The molecule has 96 valence electrons. The molecular weight excluding hydrogens is 233 g/mol. The average Bonchev–Trinajstić information content (AvgIpc) is 2.24. The standard InChI is InChI=1S/C11H15F3N2O/c1-8-3-4-10(9(7-15)16-8)17-6-2-5-11(12,13)14/h3-4H,2,5-7,15H2,1H3. The van der Waals surface area contributed by atoms with E-state index < -0.39 is 12.6 Å². The van der Waals surface area contributed by atoms with E-state index in [1.807, 2.05) is 6.92 Å². The molecule has 1 aromatic heterocycles. The highest BCUT2D eigenvalue weighted by Gasteiger charge is 2.26. The van der Waals surface area contributed by atoms with Crippen LogP contribution in [0.2, 0.25) is 0 Å². The molecule has 0 atom stereocenters. The van der Waals surface area contributed by atoms with Crippen LogP contribution in [0.15, 0.2) is 12.1 Å². The number of nitrogens with zero attached hydrogens (tertiary/aromatic N) is 1. The summed E-state index contributed by atoms with van der Waals surface area (Å²) in [5, 5.41) is 0. The van der Waals surface area contributed by atoms with E-state index in [-0.39, 0.29) is 19.6 Å². The van der Waals surface area contributed by atoms with E-state index in [1.54, 1.807) is 12.1 Å². The Kier molecular flexibility index (Phi) is 4.74. The third-order valence-electron chi connectivity index (χ3n) is 2.13. The fraction of sp³-hybridized carbons (Fsp3) is 0.545. The SMILES string of the molecule is Cc1ccc(OCCCC(F)(F)F)c(CN)n1. The van der Waals surface area contributed by atoms with E-state index >= 15 is 0 Å². The summed E-state index contributed by atoms with van der Waals surface area (Å²) in [6, 6.07) is 3.41. The van der Waals surface area contributed by atoms with Crippen molar-refractivity contribution in [2.24, 2.45) is 5.73 Å². The van der Waals surface area contributed by atoms with E-state index in [0.29, 0.717) is 11.4 Å². The van der Waals surface area contributed by atoms with Crippen molar-refractivity contribution in [3.63, 3.8) is 0 Å². The maximum atomic E-state index is 11.9. The maximum absolute atomic E-state index is 11.9. The molecule has 0 aliphatic rings. The molecule has 0 aliphatic carbocycles. The zero-order chi connectivity index (χ0) is 12.9. The number of aryl methyl sites for hydroxylation is 1. The number of alkyl halides is 3. The lowest BCUT2D eigenvalue weighted by Gasteiger charge is -2.11. The zero-order valence-corrected chi connectivity index (χ0v) is 9.55. The van der Waals surface area contributed by atoms with E-state index in [0.717, 1.165) is 5.69 Å². The van der Waals surface area contributed by atoms with Crippen molar-refractivity contribution in [2.45, 2.75) is 32.5 Å². The Labute approximate surface area is 97.8 Å². The van der Waals surface area contributed by atoms with Gasteiger partial charge in [-0.2, -0.15) is 13.2 Å². The molecule has 1 heterocycles. The van der Waals surface area contributed by atoms with Gasteiger partial charge in [-0.15, -0.1) is 0 Å². The molecule has 0 saturated heterocycles. The first-order valence-electron chi connectivity index (χ1n) is 5.28. The predicted octanol–water partition coefficient (Wildman–Crippen LogP) is 2.57. The number of ether oxygens (including phenoxy) is 1. The highest BCUT2D eigenvalue weighted by Crippen LogP contribution is 2.22. The lowest BCUT2D eigenvalue weighted by Crippen LogP contribution is -2.11. The van der Waals surface area contributed by atoms with Crippen LogP contribution in [0, 0.1) is 6.92 Å². The minimum absolute atomic E-state index is 0.0112. The molecular formula is C11H15F3N2O. The molecule has 0 unspecified atom stereocenters. The Morgan fingerprint density at radius 1 is 1.35 bits per heavy atom. The Morgan fingerprint density at radius 2 is 2.06 bits per heavy atom. The van der Waals surface area contributed by atoms with E-state index in [1.165, 1.54) is 0 Å². The van der Waals surface area contributed by atoms with Gasteiger partial charge in [-0.05, 0) is 25.5 Å². The molecule has 0 spiro atoms. The first kappa shape index (κ1) is 13.8. The largest absolute Gasteiger partial charge is 0.492 e. The van der Waals surface area contributed by atoms with Gasteiger partial charge in [0.15, 0.2) is 0 Å². The summed E-state index contributed by atoms with van der Waals surface area (Å²) in [5.41, 5.74) is 6.84. The summed E-state index contributed by atoms with van der Waals surface area (Å²) in [7, 11) is 0. The van der Waals surface area contributed by atoms with Gasteiger partial charge in [0.25, 0.3) is 0 Å². The Morgan fingerprint density at radius 3 is 2.65 bits per heavy atom. The molecule has 0 fully saturated rings. The van der Waals surface area contributed by atoms with Gasteiger partial charge in [-0.25, -0.2) is 0 Å². The molecule has 6 heteroatoms. The van der Waals surface area contributed by atoms with Crippen molar-refractivity contribution in [1.29, 1.82) is 0 Å². The molecule has 17 heavy (non-hydrogen) atoms. The molecule has 0 amide bonds. The summed E-state index contributed by atoms with van der Waals surface area (Å²) in [5.74, 6) is 0.459. The van der Waals surface area contributed by atoms with Crippen molar-refractivity contribution in [3.8, 4) is 5.75 Å². The fourth-order valence-electron chi connectivity index (χ4n) is 1.33. The van der Waals surface area contributed by atoms with Gasteiger partial charge < -0.3 is 10.5 Å². The lowest BCUT2D eigenvalue weighted by atomic mass is 10.3. The van der Waals surface area contributed by atoms with Crippen LogP contribution in [0.5, 0.6) is 5.75 Å². The van der Waals surface area contributed by atoms with Crippen molar-refractivity contribution in [3.05, 3.63) is 23.5 Å². The molecule has 2 N–H and O–H groups in total. The van der Waals surface area contributed by atoms with Crippen molar-refractivity contribution >= 4 is 0 Å². The van der Waals surface area contributed by atoms with E-state index in [4.69, 9.17) is 10.5 Å². The van der Waals surface area contributed by atoms with Gasteiger partial charge in [-0.3, -0.25) is 4.98 Å². The number of aromatic nitrogens is 1. The van der Waals surface area contributed by atoms with Crippen LogP contribution in [0.4, 0.5) is 13.2 Å². The van der Waals surface area contributed by atoms with Gasteiger partial charge in [0, 0.05) is 18.7 Å². The second kappa shape index (κ2) is 5.86. The minimum atomic E-state index is -4.13. The normalized spacial score (nSPS) is 11.6. The van der Waals surface area contributed by atoms with Crippen LogP contribution < -0.4 is 10.5 Å². The van der Waals surface area contributed by atoms with Gasteiger partial charge in [0.2, 0.25) is 0 Å². The number of pyridine rings is 1. The Bertz CT molecular complexity index is 366. The minimum Gasteiger partial charge on any atom is -0.492 e.